The third kappa shape index (κ3) is 4.35. The van der Waals surface area contributed by atoms with E-state index in [0.717, 1.165) is 11.1 Å². The van der Waals surface area contributed by atoms with E-state index in [0.29, 0.717) is 22.5 Å². The minimum absolute atomic E-state index is 0.0813. The molecule has 0 aliphatic rings. The van der Waals surface area contributed by atoms with Crippen LogP contribution in [0.25, 0.3) is 28.0 Å². The molecule has 0 saturated heterocycles. The Morgan fingerprint density at radius 3 is 2.45 bits per heavy atom. The summed E-state index contributed by atoms with van der Waals surface area (Å²) in [4.78, 5) is 33.2. The Morgan fingerprint density at radius 1 is 1.10 bits per heavy atom. The second-order valence-corrected chi connectivity index (χ2v) is 8.10. The lowest BCUT2D eigenvalue weighted by Crippen LogP contribution is -2.26. The number of benzene rings is 1. The van der Waals surface area contributed by atoms with Crippen molar-refractivity contribution in [2.45, 2.75) is 39.8 Å². The summed E-state index contributed by atoms with van der Waals surface area (Å²) in [6.45, 7) is 6.79. The zero-order chi connectivity index (χ0) is 22.2. The second kappa shape index (κ2) is 7.75. The number of hydrogen-bond acceptors (Lipinski definition) is 7. The van der Waals surface area contributed by atoms with E-state index < -0.39 is 11.6 Å². The van der Waals surface area contributed by atoms with Gasteiger partial charge in [-0.15, -0.1) is 0 Å². The molecule has 0 unspecified atom stereocenters. The molecule has 4 aromatic rings. The van der Waals surface area contributed by atoms with E-state index in [4.69, 9.17) is 4.74 Å². The van der Waals surface area contributed by atoms with E-state index in [1.54, 1.807) is 56.3 Å². The van der Waals surface area contributed by atoms with E-state index in [1.165, 1.54) is 11.6 Å². The third-order valence-corrected chi connectivity index (χ3v) is 4.46. The standard InChI is InChI=1S/C22H22N6O3/c1-14(29)20-17-10-15(16-11-23-21(24-12-16)27-9-5-8-25-27)6-7-18(17)28(26-20)13-19(30)31-22(2,3)4/h5-12H,13H2,1-4H3. The van der Waals surface area contributed by atoms with E-state index in [-0.39, 0.29) is 12.3 Å². The van der Waals surface area contributed by atoms with Crippen molar-refractivity contribution in [3.05, 3.63) is 54.7 Å². The van der Waals surface area contributed by atoms with Gasteiger partial charge in [0, 0.05) is 42.7 Å². The lowest BCUT2D eigenvalue weighted by Gasteiger charge is -2.19. The number of carbonyl (C=O) groups is 2. The van der Waals surface area contributed by atoms with Gasteiger partial charge in [-0.05, 0) is 44.5 Å². The van der Waals surface area contributed by atoms with E-state index in [1.807, 2.05) is 18.2 Å². The SMILES string of the molecule is CC(=O)c1nn(CC(=O)OC(C)(C)C)c2ccc(-c3cnc(-n4cccn4)nc3)cc12. The van der Waals surface area contributed by atoms with Gasteiger partial charge >= 0.3 is 5.97 Å². The van der Waals surface area contributed by atoms with Crippen molar-refractivity contribution in [3.63, 3.8) is 0 Å². The van der Waals surface area contributed by atoms with E-state index in [2.05, 4.69) is 20.2 Å². The molecular weight excluding hydrogens is 396 g/mol. The summed E-state index contributed by atoms with van der Waals surface area (Å²) < 4.78 is 8.46. The van der Waals surface area contributed by atoms with Crippen molar-refractivity contribution in [2.24, 2.45) is 0 Å². The summed E-state index contributed by atoms with van der Waals surface area (Å²) in [7, 11) is 0. The molecule has 0 bridgehead atoms. The zero-order valence-electron chi connectivity index (χ0n) is 17.7. The Morgan fingerprint density at radius 2 is 1.84 bits per heavy atom. The van der Waals surface area contributed by atoms with Crippen LogP contribution < -0.4 is 0 Å². The average molecular weight is 418 g/mol. The van der Waals surface area contributed by atoms with Gasteiger partial charge in [0.2, 0.25) is 5.95 Å². The minimum Gasteiger partial charge on any atom is -0.459 e. The number of ketones is 1. The number of Topliss-reactive ketones (excluding diaryl/α,β-unsaturated/α-hetero) is 1. The highest BCUT2D eigenvalue weighted by Crippen LogP contribution is 2.27. The van der Waals surface area contributed by atoms with Crippen LogP contribution in [0.4, 0.5) is 0 Å². The van der Waals surface area contributed by atoms with Gasteiger partial charge in [-0.1, -0.05) is 6.07 Å². The van der Waals surface area contributed by atoms with Crippen LogP contribution in [0, 0.1) is 0 Å². The first kappa shape index (κ1) is 20.4. The largest absolute Gasteiger partial charge is 0.459 e. The average Bonchev–Trinajstić information content (AvgIpc) is 3.35. The molecule has 0 saturated carbocycles. The van der Waals surface area contributed by atoms with Gasteiger partial charge in [-0.25, -0.2) is 14.6 Å². The lowest BCUT2D eigenvalue weighted by atomic mass is 10.0. The number of hydrogen-bond donors (Lipinski definition) is 0. The van der Waals surface area contributed by atoms with Gasteiger partial charge in [0.15, 0.2) is 5.78 Å². The normalized spacial score (nSPS) is 11.6. The maximum atomic E-state index is 12.3. The molecule has 3 aromatic heterocycles. The van der Waals surface area contributed by atoms with Gasteiger partial charge in [0.1, 0.15) is 17.8 Å². The van der Waals surface area contributed by atoms with Crippen LogP contribution in [0.15, 0.2) is 49.1 Å². The number of ether oxygens (including phenoxy) is 1. The Kier molecular flexibility index (Phi) is 5.10. The molecule has 0 amide bonds. The Balaban J connectivity index is 1.69. The summed E-state index contributed by atoms with van der Waals surface area (Å²) >= 11 is 0. The summed E-state index contributed by atoms with van der Waals surface area (Å²) in [6.07, 6.45) is 6.82. The van der Waals surface area contributed by atoms with E-state index in [9.17, 15) is 9.59 Å². The lowest BCUT2D eigenvalue weighted by molar-refractivity contribution is -0.155. The monoisotopic (exact) mass is 418 g/mol. The zero-order valence-corrected chi connectivity index (χ0v) is 17.7. The van der Waals surface area contributed by atoms with Gasteiger partial charge in [0.25, 0.3) is 0 Å². The highest BCUT2D eigenvalue weighted by molar-refractivity contribution is 6.06. The van der Waals surface area contributed by atoms with Gasteiger partial charge in [-0.3, -0.25) is 14.3 Å². The van der Waals surface area contributed by atoms with Crippen molar-refractivity contribution >= 4 is 22.7 Å². The van der Waals surface area contributed by atoms with Crippen LogP contribution in [-0.4, -0.2) is 46.9 Å². The fourth-order valence-corrected chi connectivity index (χ4v) is 3.21. The molecule has 4 rings (SSSR count). The molecule has 9 nitrogen and oxygen atoms in total. The number of rotatable bonds is 5. The van der Waals surface area contributed by atoms with Crippen molar-refractivity contribution in [1.29, 1.82) is 0 Å². The molecule has 0 N–H and O–H groups in total. The molecule has 158 valence electrons. The molecule has 31 heavy (non-hydrogen) atoms. The smallest absolute Gasteiger partial charge is 0.328 e. The van der Waals surface area contributed by atoms with Crippen LogP contribution in [0.3, 0.4) is 0 Å². The predicted molar refractivity (Wildman–Crippen MR) is 114 cm³/mol. The maximum absolute atomic E-state index is 12.3. The van der Waals surface area contributed by atoms with E-state index >= 15 is 0 Å². The summed E-state index contributed by atoms with van der Waals surface area (Å²) in [5.74, 6) is -0.140. The van der Waals surface area contributed by atoms with Crippen molar-refractivity contribution < 1.29 is 14.3 Å². The molecule has 9 heteroatoms. The summed E-state index contributed by atoms with van der Waals surface area (Å²) in [5, 5.41) is 9.14. The quantitative estimate of drug-likeness (QED) is 0.362. The topological polar surface area (TPSA) is 105 Å². The van der Waals surface area contributed by atoms with Gasteiger partial charge in [0.05, 0.1) is 5.52 Å². The molecule has 1 aromatic carbocycles. The third-order valence-electron chi connectivity index (χ3n) is 4.46. The molecule has 0 radical (unpaired) electrons. The van der Waals surface area contributed by atoms with Crippen molar-refractivity contribution in [1.82, 2.24) is 29.5 Å². The van der Waals surface area contributed by atoms with Crippen LogP contribution in [0.2, 0.25) is 0 Å². The minimum atomic E-state index is -0.598. The summed E-state index contributed by atoms with van der Waals surface area (Å²) in [5.41, 5.74) is 1.99. The molecule has 0 aliphatic heterocycles. The molecule has 0 fully saturated rings. The first-order chi connectivity index (χ1) is 14.7. The first-order valence-corrected chi connectivity index (χ1v) is 9.77. The second-order valence-electron chi connectivity index (χ2n) is 8.10. The predicted octanol–water partition coefficient (Wildman–Crippen LogP) is 3.22. The molecule has 3 heterocycles. The van der Waals surface area contributed by atoms with Crippen molar-refractivity contribution in [2.75, 3.05) is 0 Å². The number of aromatic nitrogens is 6. The van der Waals surface area contributed by atoms with Crippen LogP contribution >= 0.6 is 0 Å². The van der Waals surface area contributed by atoms with Crippen LogP contribution in [0.5, 0.6) is 0 Å². The maximum Gasteiger partial charge on any atom is 0.328 e. The highest BCUT2D eigenvalue weighted by atomic mass is 16.6. The fraction of sp³-hybridized carbons (Fsp3) is 0.273. The number of esters is 1. The molecule has 0 aliphatic carbocycles. The number of carbonyl (C=O) groups excluding carboxylic acids is 2. The Hall–Kier alpha value is -3.88. The molecular formula is C22H22N6O3. The number of fused-ring (bicyclic) bond motifs is 1. The van der Waals surface area contributed by atoms with Gasteiger partial charge in [-0.2, -0.15) is 10.2 Å². The molecule has 0 spiro atoms. The fourth-order valence-electron chi connectivity index (χ4n) is 3.21. The van der Waals surface area contributed by atoms with Crippen LogP contribution in [-0.2, 0) is 16.1 Å². The highest BCUT2D eigenvalue weighted by Gasteiger charge is 2.20. The Bertz CT molecular complexity index is 1250. The first-order valence-electron chi connectivity index (χ1n) is 9.77. The van der Waals surface area contributed by atoms with Gasteiger partial charge < -0.3 is 4.74 Å². The number of nitrogens with zero attached hydrogens (tertiary/aromatic N) is 6. The Labute approximate surface area is 178 Å². The summed E-state index contributed by atoms with van der Waals surface area (Å²) in [6, 6.07) is 7.36. The molecule has 0 atom stereocenters. The van der Waals surface area contributed by atoms with Crippen molar-refractivity contribution in [3.8, 4) is 17.1 Å². The van der Waals surface area contributed by atoms with Crippen LogP contribution in [0.1, 0.15) is 38.2 Å².